The zero-order valence-corrected chi connectivity index (χ0v) is 14.6. The second kappa shape index (κ2) is 6.55. The van der Waals surface area contributed by atoms with Crippen LogP contribution in [0.15, 0.2) is 47.4 Å². The first kappa shape index (κ1) is 17.0. The topological polar surface area (TPSA) is 75.3 Å². The van der Waals surface area contributed by atoms with Crippen molar-refractivity contribution in [1.29, 1.82) is 0 Å². The van der Waals surface area contributed by atoms with Gasteiger partial charge in [0.15, 0.2) is 0 Å². The molecular weight excluding hydrogens is 348 g/mol. The van der Waals surface area contributed by atoms with Gasteiger partial charge in [-0.2, -0.15) is 0 Å². The first-order chi connectivity index (χ1) is 11.4. The van der Waals surface area contributed by atoms with Crippen LogP contribution < -0.4 is 10.0 Å². The molecule has 0 bridgehead atoms. The lowest BCUT2D eigenvalue weighted by Crippen LogP contribution is -2.27. The number of carbonyl (C=O) groups excluding carboxylic acids is 1. The Morgan fingerprint density at radius 3 is 2.54 bits per heavy atom. The standard InChI is InChI=1S/C17H17ClN2O3S/c1-19-24(22,23)14-6-2-11(3-7-14)17(21)20-16-9-4-12-10-13(18)5-8-15(12)16/h2-3,5-8,10,16,19H,4,9H2,1H3,(H,20,21). The molecule has 0 saturated carbocycles. The number of sulfonamides is 1. The van der Waals surface area contributed by atoms with Gasteiger partial charge in [0.05, 0.1) is 10.9 Å². The van der Waals surface area contributed by atoms with Crippen LogP contribution in [-0.4, -0.2) is 21.4 Å². The van der Waals surface area contributed by atoms with Gasteiger partial charge in [-0.05, 0) is 67.4 Å². The molecule has 5 nitrogen and oxygen atoms in total. The largest absolute Gasteiger partial charge is 0.345 e. The summed E-state index contributed by atoms with van der Waals surface area (Å²) in [4.78, 5) is 12.5. The van der Waals surface area contributed by atoms with Gasteiger partial charge < -0.3 is 5.32 Å². The van der Waals surface area contributed by atoms with Crippen LogP contribution in [-0.2, 0) is 16.4 Å². The maximum absolute atomic E-state index is 12.4. The summed E-state index contributed by atoms with van der Waals surface area (Å²) in [7, 11) is -2.15. The van der Waals surface area contributed by atoms with Crippen LogP contribution in [0.3, 0.4) is 0 Å². The minimum absolute atomic E-state index is 0.0505. The molecule has 24 heavy (non-hydrogen) atoms. The lowest BCUT2D eigenvalue weighted by molar-refractivity contribution is 0.0936. The molecule has 1 unspecified atom stereocenters. The molecule has 7 heteroatoms. The first-order valence-corrected chi connectivity index (χ1v) is 9.39. The normalized spacial score (nSPS) is 16.7. The number of benzene rings is 2. The van der Waals surface area contributed by atoms with Crippen LogP contribution >= 0.6 is 11.6 Å². The third-order valence-corrected chi connectivity index (χ3v) is 5.85. The van der Waals surface area contributed by atoms with Crippen LogP contribution in [0.1, 0.15) is 33.9 Å². The summed E-state index contributed by atoms with van der Waals surface area (Å²) in [6, 6.07) is 11.5. The third kappa shape index (κ3) is 3.31. The Hall–Kier alpha value is -1.89. The highest BCUT2D eigenvalue weighted by atomic mass is 35.5. The maximum Gasteiger partial charge on any atom is 0.251 e. The van der Waals surface area contributed by atoms with Gasteiger partial charge in [0.1, 0.15) is 0 Å². The van der Waals surface area contributed by atoms with Gasteiger partial charge in [-0.25, -0.2) is 13.1 Å². The summed E-state index contributed by atoms with van der Waals surface area (Å²) < 4.78 is 25.6. The molecule has 3 rings (SSSR count). The molecule has 0 fully saturated rings. The van der Waals surface area contributed by atoms with Crippen molar-refractivity contribution in [2.24, 2.45) is 0 Å². The zero-order valence-electron chi connectivity index (χ0n) is 13.0. The molecule has 2 N–H and O–H groups in total. The van der Waals surface area contributed by atoms with E-state index in [9.17, 15) is 13.2 Å². The Morgan fingerprint density at radius 2 is 1.88 bits per heavy atom. The highest BCUT2D eigenvalue weighted by Gasteiger charge is 2.24. The van der Waals surface area contributed by atoms with Gasteiger partial charge in [0, 0.05) is 10.6 Å². The van der Waals surface area contributed by atoms with E-state index in [2.05, 4.69) is 10.0 Å². The zero-order chi connectivity index (χ0) is 17.3. The molecule has 2 aromatic rings. The number of carbonyl (C=O) groups is 1. The highest BCUT2D eigenvalue weighted by molar-refractivity contribution is 7.89. The average Bonchev–Trinajstić information content (AvgIpc) is 2.96. The predicted octanol–water partition coefficient (Wildman–Crippen LogP) is 2.67. The van der Waals surface area contributed by atoms with E-state index < -0.39 is 10.0 Å². The van der Waals surface area contributed by atoms with Gasteiger partial charge >= 0.3 is 0 Å². The van der Waals surface area contributed by atoms with Gasteiger partial charge in [-0.3, -0.25) is 4.79 Å². The van der Waals surface area contributed by atoms with E-state index in [-0.39, 0.29) is 16.8 Å². The molecule has 0 saturated heterocycles. The molecule has 126 valence electrons. The van der Waals surface area contributed by atoms with E-state index in [1.807, 2.05) is 18.2 Å². The fourth-order valence-electron chi connectivity index (χ4n) is 2.88. The third-order valence-electron chi connectivity index (χ3n) is 4.18. The molecule has 0 spiro atoms. The van der Waals surface area contributed by atoms with Crippen molar-refractivity contribution in [3.63, 3.8) is 0 Å². The Morgan fingerprint density at radius 1 is 1.17 bits per heavy atom. The fraction of sp³-hybridized carbons (Fsp3) is 0.235. The Kier molecular flexibility index (Phi) is 4.62. The molecule has 1 amide bonds. The van der Waals surface area contributed by atoms with Gasteiger partial charge in [-0.1, -0.05) is 17.7 Å². The summed E-state index contributed by atoms with van der Waals surface area (Å²) in [6.45, 7) is 0. The van der Waals surface area contributed by atoms with Crippen molar-refractivity contribution >= 4 is 27.5 Å². The molecule has 1 aliphatic carbocycles. The van der Waals surface area contributed by atoms with Gasteiger partial charge in [0.25, 0.3) is 5.91 Å². The number of amides is 1. The minimum Gasteiger partial charge on any atom is -0.345 e. The quantitative estimate of drug-likeness (QED) is 0.875. The molecule has 1 aliphatic rings. The maximum atomic E-state index is 12.4. The second-order valence-corrected chi connectivity index (χ2v) is 7.96. The monoisotopic (exact) mass is 364 g/mol. The van der Waals surface area contributed by atoms with Crippen LogP contribution in [0.25, 0.3) is 0 Å². The van der Waals surface area contributed by atoms with E-state index >= 15 is 0 Å². The Bertz CT molecular complexity index is 879. The molecule has 0 radical (unpaired) electrons. The van der Waals surface area contributed by atoms with Crippen LogP contribution in [0.5, 0.6) is 0 Å². The lowest BCUT2D eigenvalue weighted by atomic mass is 10.1. The molecule has 2 aromatic carbocycles. The summed E-state index contributed by atoms with van der Waals surface area (Å²) in [5, 5.41) is 3.69. The van der Waals surface area contributed by atoms with Crippen molar-refractivity contribution in [3.8, 4) is 0 Å². The lowest BCUT2D eigenvalue weighted by Gasteiger charge is -2.14. The number of rotatable bonds is 4. The number of hydrogen-bond acceptors (Lipinski definition) is 3. The summed E-state index contributed by atoms with van der Waals surface area (Å²) in [6.07, 6.45) is 1.70. The van der Waals surface area contributed by atoms with Gasteiger partial charge in [-0.15, -0.1) is 0 Å². The smallest absolute Gasteiger partial charge is 0.251 e. The van der Waals surface area contributed by atoms with Gasteiger partial charge in [0.2, 0.25) is 10.0 Å². The van der Waals surface area contributed by atoms with Crippen LogP contribution in [0, 0.1) is 0 Å². The van der Waals surface area contributed by atoms with E-state index in [0.29, 0.717) is 10.6 Å². The summed E-state index contributed by atoms with van der Waals surface area (Å²) in [5.41, 5.74) is 2.66. The van der Waals surface area contributed by atoms with Crippen LogP contribution in [0.2, 0.25) is 5.02 Å². The van der Waals surface area contributed by atoms with E-state index in [0.717, 1.165) is 24.0 Å². The minimum atomic E-state index is -3.50. The first-order valence-electron chi connectivity index (χ1n) is 7.53. The number of hydrogen-bond donors (Lipinski definition) is 2. The summed E-state index contributed by atoms with van der Waals surface area (Å²) >= 11 is 5.99. The Balaban J connectivity index is 1.75. The fourth-order valence-corrected chi connectivity index (χ4v) is 3.81. The average molecular weight is 365 g/mol. The SMILES string of the molecule is CNS(=O)(=O)c1ccc(C(=O)NC2CCc3cc(Cl)ccc32)cc1. The molecule has 0 aliphatic heterocycles. The van der Waals surface area contributed by atoms with E-state index in [1.165, 1.54) is 31.3 Å². The van der Waals surface area contributed by atoms with Crippen molar-refractivity contribution in [1.82, 2.24) is 10.0 Å². The van der Waals surface area contributed by atoms with Crippen molar-refractivity contribution in [2.75, 3.05) is 7.05 Å². The van der Waals surface area contributed by atoms with Crippen LogP contribution in [0.4, 0.5) is 0 Å². The molecule has 1 atom stereocenters. The van der Waals surface area contributed by atoms with E-state index in [4.69, 9.17) is 11.6 Å². The van der Waals surface area contributed by atoms with Crippen molar-refractivity contribution in [3.05, 3.63) is 64.2 Å². The summed E-state index contributed by atoms with van der Waals surface area (Å²) in [5.74, 6) is -0.226. The Labute approximate surface area is 146 Å². The molecular formula is C17H17ClN2O3S. The number of halogens is 1. The number of fused-ring (bicyclic) bond motifs is 1. The number of nitrogens with one attached hydrogen (secondary N) is 2. The molecule has 0 aromatic heterocycles. The number of aryl methyl sites for hydroxylation is 1. The predicted molar refractivity (Wildman–Crippen MR) is 92.7 cm³/mol. The van der Waals surface area contributed by atoms with Crippen molar-refractivity contribution < 1.29 is 13.2 Å². The molecule has 0 heterocycles. The van der Waals surface area contributed by atoms with E-state index in [1.54, 1.807) is 0 Å². The van der Waals surface area contributed by atoms with Crippen molar-refractivity contribution in [2.45, 2.75) is 23.8 Å². The second-order valence-electron chi connectivity index (χ2n) is 5.64. The highest BCUT2D eigenvalue weighted by Crippen LogP contribution is 2.33.